The largest absolute Gasteiger partial charge is 0.343 e. The molecule has 0 aliphatic carbocycles. The van der Waals surface area contributed by atoms with Gasteiger partial charge in [-0.2, -0.15) is 0 Å². The van der Waals surface area contributed by atoms with Crippen LogP contribution in [0.15, 0.2) is 0 Å². The van der Waals surface area contributed by atoms with Crippen LogP contribution in [-0.2, 0) is 4.79 Å². The lowest BCUT2D eigenvalue weighted by molar-refractivity contribution is -0.129. The van der Waals surface area contributed by atoms with Gasteiger partial charge in [0.1, 0.15) is 0 Å². The van der Waals surface area contributed by atoms with E-state index in [-0.39, 0.29) is 5.91 Å². The number of hydrogen-bond acceptors (Lipinski definition) is 1. The van der Waals surface area contributed by atoms with E-state index in [4.69, 9.17) is 0 Å². The summed E-state index contributed by atoms with van der Waals surface area (Å²) >= 11 is 0. The number of unbranched alkanes of at least 4 members (excludes halogenated alkanes) is 3. The molecular weight excluding hydrogens is 210 g/mol. The Morgan fingerprint density at radius 1 is 0.824 bits per heavy atom. The lowest BCUT2D eigenvalue weighted by atomic mass is 10.2. The van der Waals surface area contributed by atoms with E-state index in [1.807, 2.05) is 32.6 Å². The normalized spacial score (nSPS) is 8.41. The van der Waals surface area contributed by atoms with Gasteiger partial charge < -0.3 is 4.90 Å². The smallest absolute Gasteiger partial charge is 0.219 e. The van der Waals surface area contributed by atoms with Crippen LogP contribution in [0.3, 0.4) is 0 Å². The molecule has 0 bridgehead atoms. The first-order chi connectivity index (χ1) is 8.22. The van der Waals surface area contributed by atoms with Crippen LogP contribution in [0, 0.1) is 0 Å². The number of amides is 1. The topological polar surface area (TPSA) is 20.3 Å². The number of hydrogen-bond donors (Lipinski definition) is 0. The number of carbonyl (C=O) groups excluding carboxylic acids is 1. The van der Waals surface area contributed by atoms with Gasteiger partial charge in [0.05, 0.1) is 0 Å². The third kappa shape index (κ3) is 18.1. The monoisotopic (exact) mass is 245 g/mol. The van der Waals surface area contributed by atoms with Crippen LogP contribution < -0.4 is 0 Å². The fourth-order valence-electron chi connectivity index (χ4n) is 1.33. The summed E-state index contributed by atoms with van der Waals surface area (Å²) in [6, 6.07) is 0. The maximum absolute atomic E-state index is 11.2. The fourth-order valence-corrected chi connectivity index (χ4v) is 1.33. The van der Waals surface area contributed by atoms with E-state index in [2.05, 4.69) is 13.8 Å². The van der Waals surface area contributed by atoms with Crippen molar-refractivity contribution in [2.24, 2.45) is 0 Å². The van der Waals surface area contributed by atoms with Gasteiger partial charge in [-0.3, -0.25) is 4.79 Å². The van der Waals surface area contributed by atoms with Gasteiger partial charge in [0.25, 0.3) is 0 Å². The molecule has 17 heavy (non-hydrogen) atoms. The molecule has 2 heteroatoms. The highest BCUT2D eigenvalue weighted by atomic mass is 16.2. The van der Waals surface area contributed by atoms with Gasteiger partial charge in [-0.25, -0.2) is 0 Å². The van der Waals surface area contributed by atoms with Crippen molar-refractivity contribution in [3.05, 3.63) is 0 Å². The molecule has 0 aromatic rings. The van der Waals surface area contributed by atoms with Gasteiger partial charge in [0, 0.05) is 20.0 Å². The molecule has 1 amide bonds. The van der Waals surface area contributed by atoms with Gasteiger partial charge in [-0.05, 0) is 12.8 Å². The molecule has 0 atom stereocenters. The van der Waals surface area contributed by atoms with E-state index >= 15 is 0 Å². The molecule has 0 N–H and O–H groups in total. The first kappa shape index (κ1) is 21.7. The standard InChI is InChI=1S/C11H23NO.2C2H6/c1-4-6-8-10-12(11(3)13)9-7-5-2;2*1-2/h4-10H2,1-3H3;2*1-2H3. The van der Waals surface area contributed by atoms with E-state index in [1.54, 1.807) is 6.92 Å². The molecule has 0 radical (unpaired) electrons. The quantitative estimate of drug-likeness (QED) is 0.585. The highest BCUT2D eigenvalue weighted by Gasteiger charge is 2.05. The molecular formula is C15H35NO. The minimum atomic E-state index is 0.226. The van der Waals surface area contributed by atoms with Crippen LogP contribution in [0.5, 0.6) is 0 Å². The van der Waals surface area contributed by atoms with Crippen molar-refractivity contribution < 1.29 is 4.79 Å². The average Bonchev–Trinajstić information content (AvgIpc) is 2.38. The van der Waals surface area contributed by atoms with Crippen LogP contribution in [0.1, 0.15) is 80.6 Å². The highest BCUT2D eigenvalue weighted by molar-refractivity contribution is 5.73. The van der Waals surface area contributed by atoms with E-state index in [1.165, 1.54) is 12.8 Å². The van der Waals surface area contributed by atoms with Gasteiger partial charge in [-0.1, -0.05) is 60.8 Å². The van der Waals surface area contributed by atoms with Crippen LogP contribution >= 0.6 is 0 Å². The second-order valence-electron chi connectivity index (χ2n) is 3.57. The maximum Gasteiger partial charge on any atom is 0.219 e. The van der Waals surface area contributed by atoms with E-state index in [0.717, 1.165) is 32.4 Å². The summed E-state index contributed by atoms with van der Waals surface area (Å²) in [5.41, 5.74) is 0. The molecule has 2 nitrogen and oxygen atoms in total. The lowest BCUT2D eigenvalue weighted by Crippen LogP contribution is -2.30. The molecule has 0 spiro atoms. The van der Waals surface area contributed by atoms with Crippen molar-refractivity contribution in [2.75, 3.05) is 13.1 Å². The Balaban J connectivity index is -0.000000439. The Hall–Kier alpha value is -0.530. The van der Waals surface area contributed by atoms with Crippen LogP contribution in [0.2, 0.25) is 0 Å². The molecule has 0 saturated carbocycles. The lowest BCUT2D eigenvalue weighted by Gasteiger charge is -2.20. The third-order valence-corrected chi connectivity index (χ3v) is 2.26. The van der Waals surface area contributed by atoms with Gasteiger partial charge in [-0.15, -0.1) is 0 Å². The minimum Gasteiger partial charge on any atom is -0.343 e. The van der Waals surface area contributed by atoms with Crippen molar-refractivity contribution in [2.45, 2.75) is 80.6 Å². The van der Waals surface area contributed by atoms with Crippen LogP contribution in [0.25, 0.3) is 0 Å². The molecule has 106 valence electrons. The molecule has 0 aliphatic rings. The first-order valence-corrected chi connectivity index (χ1v) is 7.47. The molecule has 0 unspecified atom stereocenters. The number of nitrogens with zero attached hydrogens (tertiary/aromatic N) is 1. The number of rotatable bonds is 7. The average molecular weight is 245 g/mol. The van der Waals surface area contributed by atoms with Crippen LogP contribution in [0.4, 0.5) is 0 Å². The zero-order valence-corrected chi connectivity index (χ0v) is 13.3. The molecule has 0 aromatic heterocycles. The van der Waals surface area contributed by atoms with Crippen molar-refractivity contribution in [3.8, 4) is 0 Å². The Bertz CT molecular complexity index is 135. The number of carbonyl (C=O) groups is 1. The zero-order chi connectivity index (χ0) is 14.1. The van der Waals surface area contributed by atoms with Crippen molar-refractivity contribution in [3.63, 3.8) is 0 Å². The molecule has 0 saturated heterocycles. The Labute approximate surface area is 110 Å². The SMILES string of the molecule is CC.CC.CCCCCN(CCCC)C(C)=O. The Kier molecular flexibility index (Phi) is 26.6. The summed E-state index contributed by atoms with van der Waals surface area (Å²) in [6.45, 7) is 15.9. The molecule has 0 fully saturated rings. The molecule has 0 aromatic carbocycles. The van der Waals surface area contributed by atoms with E-state index < -0.39 is 0 Å². The second-order valence-corrected chi connectivity index (χ2v) is 3.57. The summed E-state index contributed by atoms with van der Waals surface area (Å²) in [6.07, 6.45) is 5.90. The molecule has 0 rings (SSSR count). The van der Waals surface area contributed by atoms with Gasteiger partial charge in [0.15, 0.2) is 0 Å². The Morgan fingerprint density at radius 2 is 1.24 bits per heavy atom. The third-order valence-electron chi connectivity index (χ3n) is 2.26. The van der Waals surface area contributed by atoms with Crippen molar-refractivity contribution >= 4 is 5.91 Å². The summed E-state index contributed by atoms with van der Waals surface area (Å²) < 4.78 is 0. The zero-order valence-electron chi connectivity index (χ0n) is 13.3. The fraction of sp³-hybridized carbons (Fsp3) is 0.933. The van der Waals surface area contributed by atoms with Gasteiger partial charge in [0.2, 0.25) is 5.91 Å². The highest BCUT2D eigenvalue weighted by Crippen LogP contribution is 2.01. The molecule has 0 aliphatic heterocycles. The van der Waals surface area contributed by atoms with E-state index in [9.17, 15) is 4.79 Å². The van der Waals surface area contributed by atoms with Crippen LogP contribution in [-0.4, -0.2) is 23.9 Å². The van der Waals surface area contributed by atoms with E-state index in [0.29, 0.717) is 0 Å². The second kappa shape index (κ2) is 20.8. The maximum atomic E-state index is 11.2. The first-order valence-electron chi connectivity index (χ1n) is 7.47. The Morgan fingerprint density at radius 3 is 1.59 bits per heavy atom. The van der Waals surface area contributed by atoms with Crippen molar-refractivity contribution in [1.29, 1.82) is 0 Å². The summed E-state index contributed by atoms with van der Waals surface area (Å²) in [4.78, 5) is 13.1. The van der Waals surface area contributed by atoms with Crippen molar-refractivity contribution in [1.82, 2.24) is 4.90 Å². The summed E-state index contributed by atoms with van der Waals surface area (Å²) in [5.74, 6) is 0.226. The predicted molar refractivity (Wildman–Crippen MR) is 79.4 cm³/mol. The minimum absolute atomic E-state index is 0.226. The molecule has 0 heterocycles. The summed E-state index contributed by atoms with van der Waals surface area (Å²) in [5, 5.41) is 0. The summed E-state index contributed by atoms with van der Waals surface area (Å²) in [7, 11) is 0. The predicted octanol–water partition coefficient (Wildman–Crippen LogP) is 4.88. The van der Waals surface area contributed by atoms with Gasteiger partial charge >= 0.3 is 0 Å².